The highest BCUT2D eigenvalue weighted by atomic mass is 32.1. The highest BCUT2D eigenvalue weighted by molar-refractivity contribution is 7.80. The summed E-state index contributed by atoms with van der Waals surface area (Å²) < 4.78 is 0. The standard InChI is InChI=1S/C72H117N23O18S2/c1-36(2)26-48(63(105)85-39(7)57(99)86-47(21-22-56(97)98)62(104)94-53(34-115)70(112)113)90-67(109)52(30-43-31-78-35-82-43)92-66(108)51(29-42-16-11-10-12-17-42)93-68(110)54-20-15-25-95(54)69(111)41(9)83-55(96)32-81-60(102)45(18-13-23-79-71(74)75)88-64(106)50(28-38(5)6)91-65(107)49(27-37(3)4)89-58(100)40(8)84-61(103)46(19-14-24-80-72(76)77)87-59(101)44(73)33-114/h10-12,16-17,31,35-41,44-54,114-115H,13-15,18-30,32-34,73H2,1-9H3,(H,78,82)(H,81,102)(H,83,96)(H,84,103)(H,85,105)(H,86,99)(H,87,101)(H,88,106)(H,89,100)(H,90,109)(H,91,107)(H,92,108)(H,93,110)(H,94,104)(H,97,98)(H,112,113)(H4,74,75,79)(H4,76,77,80)/t39-,40-,41-,44-,45-,46-,47-,48-,49-,50-,51-,52-,53-,54-/m0/s1. The first kappa shape index (κ1) is 98.3. The summed E-state index contributed by atoms with van der Waals surface area (Å²) in [6.07, 6.45) is 2.07. The van der Waals surface area contributed by atoms with Crippen molar-refractivity contribution in [2.75, 3.05) is 37.7 Å². The number of nitrogens with zero attached hydrogens (tertiary/aromatic N) is 4. The number of hydrogen-bond donors (Lipinski definition) is 23. The Morgan fingerprint density at radius 2 is 0.930 bits per heavy atom. The number of carboxylic acids is 2. The lowest BCUT2D eigenvalue weighted by atomic mass is 9.99. The van der Waals surface area contributed by atoms with Crippen LogP contribution in [-0.4, -0.2) is 254 Å². The molecule has 0 unspecified atom stereocenters. The molecule has 1 aliphatic rings. The number of thiol groups is 2. The fraction of sp³-hybridized carbons (Fsp3) is 0.625. The number of aromatic amines is 1. The smallest absolute Gasteiger partial charge is 0.327 e. The predicted molar refractivity (Wildman–Crippen MR) is 429 cm³/mol. The molecule has 0 radical (unpaired) electrons. The van der Waals surface area contributed by atoms with Crippen LogP contribution in [0.1, 0.15) is 144 Å². The third-order valence-electron chi connectivity index (χ3n) is 17.8. The number of amides is 14. The number of aliphatic imine (C=N–C) groups is 2. The van der Waals surface area contributed by atoms with Crippen LogP contribution in [-0.2, 0) is 89.6 Å². The Balaban J connectivity index is 1.82. The molecule has 3 rings (SSSR count). The van der Waals surface area contributed by atoms with E-state index in [4.69, 9.17) is 28.7 Å². The van der Waals surface area contributed by atoms with Crippen molar-refractivity contribution in [3.8, 4) is 0 Å². The first-order valence-corrected chi connectivity index (χ1v) is 39.2. The molecule has 1 aliphatic heterocycles. The molecule has 14 atom stereocenters. The third kappa shape index (κ3) is 36.5. The zero-order chi connectivity index (χ0) is 86.3. The van der Waals surface area contributed by atoms with E-state index in [9.17, 15) is 86.9 Å². The summed E-state index contributed by atoms with van der Waals surface area (Å²) in [5.41, 5.74) is 28.7. The number of nitrogens with one attached hydrogen (secondary N) is 14. The highest BCUT2D eigenvalue weighted by Crippen LogP contribution is 2.21. The van der Waals surface area contributed by atoms with E-state index in [1.807, 2.05) is 0 Å². The maximum absolute atomic E-state index is 14.7. The van der Waals surface area contributed by atoms with Gasteiger partial charge in [0.15, 0.2) is 11.9 Å². The summed E-state index contributed by atoms with van der Waals surface area (Å²) in [5, 5.41) is 52.1. The van der Waals surface area contributed by atoms with Crippen LogP contribution in [0.3, 0.4) is 0 Å². The summed E-state index contributed by atoms with van der Waals surface area (Å²) >= 11 is 7.97. The van der Waals surface area contributed by atoms with E-state index in [1.54, 1.807) is 71.9 Å². The van der Waals surface area contributed by atoms with Gasteiger partial charge in [-0.05, 0) is 108 Å². The number of hydrogen-bond acceptors (Lipinski definition) is 22. The van der Waals surface area contributed by atoms with Crippen LogP contribution >= 0.6 is 25.3 Å². The van der Waals surface area contributed by atoms with Crippen LogP contribution in [0.25, 0.3) is 0 Å². The number of carbonyl (C=O) groups is 16. The molecule has 640 valence electrons. The van der Waals surface area contributed by atoms with E-state index in [2.05, 4.69) is 114 Å². The normalized spacial score (nSPS) is 15.9. The van der Waals surface area contributed by atoms with E-state index >= 15 is 0 Å². The maximum Gasteiger partial charge on any atom is 0.327 e. The van der Waals surface area contributed by atoms with Crippen molar-refractivity contribution in [2.45, 2.75) is 230 Å². The molecule has 1 aromatic heterocycles. The molecule has 41 nitrogen and oxygen atoms in total. The molecule has 115 heavy (non-hydrogen) atoms. The zero-order valence-electron chi connectivity index (χ0n) is 66.3. The van der Waals surface area contributed by atoms with Gasteiger partial charge >= 0.3 is 11.9 Å². The van der Waals surface area contributed by atoms with E-state index in [1.165, 1.54) is 38.2 Å². The average Bonchev–Trinajstić information content (AvgIpc) is 1.76. The monoisotopic (exact) mass is 1660 g/mol. The van der Waals surface area contributed by atoms with Crippen LogP contribution in [0.4, 0.5) is 0 Å². The molecule has 0 aliphatic carbocycles. The molecule has 1 saturated heterocycles. The Bertz CT molecular complexity index is 3680. The minimum Gasteiger partial charge on any atom is -0.481 e. The van der Waals surface area contributed by atoms with Crippen LogP contribution < -0.4 is 97.8 Å². The number of aliphatic carboxylic acids is 2. The number of H-pyrrole nitrogens is 1. The van der Waals surface area contributed by atoms with Crippen molar-refractivity contribution in [1.82, 2.24) is 84.0 Å². The highest BCUT2D eigenvalue weighted by Gasteiger charge is 2.40. The molecule has 2 heterocycles. The number of likely N-dealkylation sites (tertiary alicyclic amines) is 1. The first-order valence-electron chi connectivity index (χ1n) is 37.9. The van der Waals surface area contributed by atoms with Crippen LogP contribution in [0.15, 0.2) is 52.8 Å². The molecule has 26 N–H and O–H groups in total. The maximum atomic E-state index is 14.7. The molecule has 0 spiro atoms. The van der Waals surface area contributed by atoms with Gasteiger partial charge in [0.2, 0.25) is 82.7 Å². The summed E-state index contributed by atoms with van der Waals surface area (Å²) in [6.45, 7) is 14.0. The van der Waals surface area contributed by atoms with Gasteiger partial charge in [0.05, 0.1) is 18.9 Å². The first-order chi connectivity index (χ1) is 54.1. The minimum atomic E-state index is -1.56. The van der Waals surface area contributed by atoms with Gasteiger partial charge in [-0.1, -0.05) is 71.9 Å². The largest absolute Gasteiger partial charge is 0.481 e. The Morgan fingerprint density at radius 3 is 1.40 bits per heavy atom. The Morgan fingerprint density at radius 1 is 0.504 bits per heavy atom. The van der Waals surface area contributed by atoms with Gasteiger partial charge in [-0.3, -0.25) is 81.9 Å². The van der Waals surface area contributed by atoms with Gasteiger partial charge in [0.25, 0.3) is 0 Å². The minimum absolute atomic E-state index is 0.0103. The van der Waals surface area contributed by atoms with Crippen molar-refractivity contribution in [3.63, 3.8) is 0 Å². The number of benzene rings is 1. The van der Waals surface area contributed by atoms with Gasteiger partial charge in [-0.15, -0.1) is 0 Å². The molecule has 2 aromatic rings. The fourth-order valence-electron chi connectivity index (χ4n) is 11.8. The summed E-state index contributed by atoms with van der Waals surface area (Å²) in [6, 6.07) is -10.2. The number of aromatic nitrogens is 2. The topological polar surface area (TPSA) is 657 Å². The van der Waals surface area contributed by atoms with Crippen molar-refractivity contribution in [1.29, 1.82) is 0 Å². The number of imidazole rings is 1. The molecule has 1 fully saturated rings. The summed E-state index contributed by atoms with van der Waals surface area (Å²) in [7, 11) is 0. The van der Waals surface area contributed by atoms with Gasteiger partial charge in [-0.25, -0.2) is 9.78 Å². The molecule has 1 aromatic carbocycles. The van der Waals surface area contributed by atoms with Crippen LogP contribution in [0, 0.1) is 17.8 Å². The number of carboxylic acid groups (broad SMARTS) is 2. The molecule has 14 amide bonds. The van der Waals surface area contributed by atoms with Crippen LogP contribution in [0.5, 0.6) is 0 Å². The quantitative estimate of drug-likeness (QED) is 0.0127. The second kappa shape index (κ2) is 50.4. The Hall–Kier alpha value is -10.8. The lowest BCUT2D eigenvalue weighted by Crippen LogP contribution is -2.60. The SMILES string of the molecule is CC(C)C[C@H](NC(=O)[C@H](C)NC(=O)[C@H](CCCN=C(N)N)NC(=O)[C@@H](N)CS)C(=O)N[C@@H](CC(C)C)C(=O)N[C@@H](CCCN=C(N)N)C(=O)NCC(=O)N[C@@H](C)C(=O)N1CCC[C@H]1C(=O)N[C@@H](Cc1ccccc1)C(=O)N[C@@H](Cc1cnc[nH]1)C(=O)N[C@@H](CC(C)C)C(=O)N[C@@H](C)C(=O)N[C@@H](CCC(=O)O)C(=O)N[C@@H](CS)C(=O)O. The Kier molecular flexibility index (Phi) is 43.1. The van der Waals surface area contributed by atoms with Gasteiger partial charge < -0.3 is 118 Å². The molecule has 0 bridgehead atoms. The third-order valence-corrected chi connectivity index (χ3v) is 18.6. The average molecular weight is 1660 g/mol. The van der Waals surface area contributed by atoms with Crippen LogP contribution in [0.2, 0.25) is 0 Å². The van der Waals surface area contributed by atoms with Crippen molar-refractivity contribution < 1.29 is 86.9 Å². The lowest BCUT2D eigenvalue weighted by Gasteiger charge is -2.29. The van der Waals surface area contributed by atoms with Crippen molar-refractivity contribution in [3.05, 3.63) is 54.1 Å². The Labute approximate surface area is 678 Å². The lowest BCUT2D eigenvalue weighted by molar-refractivity contribution is -0.142. The zero-order valence-corrected chi connectivity index (χ0v) is 68.1. The second-order valence-electron chi connectivity index (χ2n) is 29.2. The number of nitrogens with two attached hydrogens (primary N) is 5. The van der Waals surface area contributed by atoms with E-state index in [-0.39, 0.29) is 125 Å². The predicted octanol–water partition coefficient (Wildman–Crippen LogP) is -5.44. The van der Waals surface area contributed by atoms with E-state index in [0.29, 0.717) is 17.7 Å². The fourth-order valence-corrected chi connectivity index (χ4v) is 12.2. The van der Waals surface area contributed by atoms with Crippen molar-refractivity contribution in [2.24, 2.45) is 56.4 Å². The van der Waals surface area contributed by atoms with Gasteiger partial charge in [0, 0.05) is 62.3 Å². The number of guanidine groups is 2. The molecule has 0 saturated carbocycles. The molecular weight excluding hydrogens is 1540 g/mol. The summed E-state index contributed by atoms with van der Waals surface area (Å²) in [5.74, 6) is -16.0. The van der Waals surface area contributed by atoms with Gasteiger partial charge in [-0.2, -0.15) is 25.3 Å². The van der Waals surface area contributed by atoms with E-state index in [0.717, 1.165) is 0 Å². The number of rotatable bonds is 51. The van der Waals surface area contributed by atoms with Gasteiger partial charge in [0.1, 0.15) is 78.5 Å². The number of carbonyl (C=O) groups excluding carboxylic acids is 14. The molecule has 43 heteroatoms. The second-order valence-corrected chi connectivity index (χ2v) is 29.9. The summed E-state index contributed by atoms with van der Waals surface area (Å²) in [4.78, 5) is 234. The van der Waals surface area contributed by atoms with Crippen molar-refractivity contribution >= 4 is 132 Å². The molecular formula is C72H117N23O18S2. The van der Waals surface area contributed by atoms with E-state index < -0.39 is 199 Å².